The van der Waals surface area contributed by atoms with Crippen LogP contribution in [0, 0.1) is 19.8 Å². The summed E-state index contributed by atoms with van der Waals surface area (Å²) in [5.74, 6) is 0.590. The van der Waals surface area contributed by atoms with Gasteiger partial charge in [-0.15, -0.1) is 0 Å². The van der Waals surface area contributed by atoms with Crippen LogP contribution in [-0.4, -0.2) is 13.0 Å². The average Bonchev–Trinajstić information content (AvgIpc) is 2.16. The molecule has 0 saturated heterocycles. The van der Waals surface area contributed by atoms with Crippen LogP contribution >= 0.6 is 0 Å². The minimum atomic E-state index is 0.187. The van der Waals surface area contributed by atoms with E-state index in [0.717, 1.165) is 16.8 Å². The lowest BCUT2D eigenvalue weighted by atomic mass is 10.1. The van der Waals surface area contributed by atoms with E-state index in [2.05, 4.69) is 13.8 Å². The van der Waals surface area contributed by atoms with E-state index in [4.69, 9.17) is 0 Å². The molecular weight excluding hydrogens is 198 g/mol. The van der Waals surface area contributed by atoms with Crippen LogP contribution in [0.15, 0.2) is 18.2 Å². The van der Waals surface area contributed by atoms with Gasteiger partial charge in [0.1, 0.15) is 0 Å². The number of benzene rings is 1. The molecule has 0 spiro atoms. The minimum absolute atomic E-state index is 0.187. The summed E-state index contributed by atoms with van der Waals surface area (Å²) >= 11 is 0. The first-order valence-electron chi connectivity index (χ1n) is 5.76. The van der Waals surface area contributed by atoms with E-state index in [-0.39, 0.29) is 5.91 Å². The van der Waals surface area contributed by atoms with Crippen LogP contribution in [0.5, 0.6) is 0 Å². The lowest BCUT2D eigenvalue weighted by Crippen LogP contribution is -2.28. The molecule has 0 aliphatic carbocycles. The third kappa shape index (κ3) is 2.84. The molecule has 0 atom stereocenters. The summed E-state index contributed by atoms with van der Waals surface area (Å²) in [4.78, 5) is 13.8. The summed E-state index contributed by atoms with van der Waals surface area (Å²) in [5.41, 5.74) is 3.35. The van der Waals surface area contributed by atoms with Crippen molar-refractivity contribution >= 4 is 11.6 Å². The van der Waals surface area contributed by atoms with Gasteiger partial charge < -0.3 is 4.90 Å². The Bertz CT molecular complexity index is 362. The van der Waals surface area contributed by atoms with Gasteiger partial charge in [0, 0.05) is 19.2 Å². The lowest BCUT2D eigenvalue weighted by molar-refractivity contribution is -0.119. The molecule has 2 nitrogen and oxygen atoms in total. The summed E-state index contributed by atoms with van der Waals surface area (Å²) in [5, 5.41) is 0. The monoisotopic (exact) mass is 219 g/mol. The maximum Gasteiger partial charge on any atom is 0.226 e. The van der Waals surface area contributed by atoms with E-state index in [1.807, 2.05) is 39.1 Å². The standard InChI is InChI=1S/C14H21NO/c1-10(2)9-13(16)15(5)14-11(3)7-6-8-12(14)4/h6-8,10H,9H2,1-5H3. The molecule has 0 aliphatic rings. The number of hydrogen-bond donors (Lipinski definition) is 0. The highest BCUT2D eigenvalue weighted by molar-refractivity contribution is 5.94. The number of amides is 1. The fraction of sp³-hybridized carbons (Fsp3) is 0.500. The van der Waals surface area contributed by atoms with Crippen molar-refractivity contribution in [1.82, 2.24) is 0 Å². The summed E-state index contributed by atoms with van der Waals surface area (Å²) in [6, 6.07) is 6.11. The van der Waals surface area contributed by atoms with Crippen LogP contribution in [0.1, 0.15) is 31.4 Å². The second-order valence-electron chi connectivity index (χ2n) is 4.79. The topological polar surface area (TPSA) is 20.3 Å². The van der Waals surface area contributed by atoms with E-state index >= 15 is 0 Å². The van der Waals surface area contributed by atoms with Gasteiger partial charge in [-0.1, -0.05) is 32.0 Å². The van der Waals surface area contributed by atoms with Crippen LogP contribution in [-0.2, 0) is 4.79 Å². The van der Waals surface area contributed by atoms with Crippen LogP contribution < -0.4 is 4.90 Å². The van der Waals surface area contributed by atoms with Gasteiger partial charge in [-0.2, -0.15) is 0 Å². The van der Waals surface area contributed by atoms with Crippen LogP contribution in [0.4, 0.5) is 5.69 Å². The molecule has 0 aromatic heterocycles. The lowest BCUT2D eigenvalue weighted by Gasteiger charge is -2.22. The SMILES string of the molecule is Cc1cccc(C)c1N(C)C(=O)CC(C)C. The quantitative estimate of drug-likeness (QED) is 0.763. The molecule has 0 bridgehead atoms. The molecule has 88 valence electrons. The first-order chi connectivity index (χ1) is 7.43. The highest BCUT2D eigenvalue weighted by atomic mass is 16.2. The van der Waals surface area contributed by atoms with Gasteiger partial charge in [0.15, 0.2) is 0 Å². The molecule has 1 aromatic rings. The van der Waals surface area contributed by atoms with E-state index in [1.54, 1.807) is 4.90 Å². The van der Waals surface area contributed by atoms with Gasteiger partial charge >= 0.3 is 0 Å². The van der Waals surface area contributed by atoms with Crippen molar-refractivity contribution in [3.63, 3.8) is 0 Å². The molecule has 0 N–H and O–H groups in total. The molecule has 2 heteroatoms. The normalized spacial score (nSPS) is 10.6. The molecule has 16 heavy (non-hydrogen) atoms. The summed E-state index contributed by atoms with van der Waals surface area (Å²) in [7, 11) is 1.86. The van der Waals surface area contributed by atoms with Crippen molar-refractivity contribution in [3.05, 3.63) is 29.3 Å². The maximum atomic E-state index is 12.0. The Morgan fingerprint density at radius 3 is 2.19 bits per heavy atom. The van der Waals surface area contributed by atoms with Crippen molar-refractivity contribution in [3.8, 4) is 0 Å². The Kier molecular flexibility index (Phi) is 4.11. The Hall–Kier alpha value is -1.31. The highest BCUT2D eigenvalue weighted by Gasteiger charge is 2.15. The Morgan fingerprint density at radius 1 is 1.25 bits per heavy atom. The first kappa shape index (κ1) is 12.8. The number of anilines is 1. The van der Waals surface area contributed by atoms with Crippen LogP contribution in [0.3, 0.4) is 0 Å². The Morgan fingerprint density at radius 2 is 1.75 bits per heavy atom. The van der Waals surface area contributed by atoms with Gasteiger partial charge in [-0.05, 0) is 30.9 Å². The second-order valence-corrected chi connectivity index (χ2v) is 4.79. The van der Waals surface area contributed by atoms with Gasteiger partial charge in [0.25, 0.3) is 0 Å². The molecule has 1 amide bonds. The Balaban J connectivity index is 2.96. The molecule has 0 heterocycles. The number of hydrogen-bond acceptors (Lipinski definition) is 1. The minimum Gasteiger partial charge on any atom is -0.315 e. The first-order valence-corrected chi connectivity index (χ1v) is 5.76. The Labute approximate surface area is 98.3 Å². The summed E-state index contributed by atoms with van der Waals surface area (Å²) in [6.07, 6.45) is 0.601. The number of nitrogens with zero attached hydrogens (tertiary/aromatic N) is 1. The van der Waals surface area contributed by atoms with Crippen LogP contribution in [0.25, 0.3) is 0 Å². The van der Waals surface area contributed by atoms with Gasteiger partial charge in [-0.3, -0.25) is 4.79 Å². The van der Waals surface area contributed by atoms with Crippen molar-refractivity contribution in [2.45, 2.75) is 34.1 Å². The number of aryl methyl sites for hydroxylation is 2. The summed E-state index contributed by atoms with van der Waals surface area (Å²) < 4.78 is 0. The molecule has 0 saturated carbocycles. The molecule has 0 radical (unpaired) electrons. The smallest absolute Gasteiger partial charge is 0.226 e. The largest absolute Gasteiger partial charge is 0.315 e. The van der Waals surface area contributed by atoms with E-state index in [0.29, 0.717) is 12.3 Å². The molecule has 0 aliphatic heterocycles. The number of carbonyl (C=O) groups is 1. The van der Waals surface area contributed by atoms with Gasteiger partial charge in [-0.25, -0.2) is 0 Å². The fourth-order valence-electron chi connectivity index (χ4n) is 1.95. The number of para-hydroxylation sites is 1. The van der Waals surface area contributed by atoms with E-state index in [9.17, 15) is 4.79 Å². The van der Waals surface area contributed by atoms with Crippen molar-refractivity contribution in [1.29, 1.82) is 0 Å². The average molecular weight is 219 g/mol. The third-order valence-electron chi connectivity index (χ3n) is 2.73. The van der Waals surface area contributed by atoms with Gasteiger partial charge in [0.2, 0.25) is 5.91 Å². The maximum absolute atomic E-state index is 12.0. The second kappa shape index (κ2) is 5.15. The van der Waals surface area contributed by atoms with Crippen LogP contribution in [0.2, 0.25) is 0 Å². The summed E-state index contributed by atoms with van der Waals surface area (Å²) in [6.45, 7) is 8.22. The van der Waals surface area contributed by atoms with E-state index < -0.39 is 0 Å². The fourth-order valence-corrected chi connectivity index (χ4v) is 1.95. The number of carbonyl (C=O) groups excluding carboxylic acids is 1. The molecule has 0 unspecified atom stereocenters. The van der Waals surface area contributed by atoms with Crippen molar-refractivity contribution < 1.29 is 4.79 Å². The zero-order chi connectivity index (χ0) is 12.3. The zero-order valence-corrected chi connectivity index (χ0v) is 10.9. The van der Waals surface area contributed by atoms with E-state index in [1.165, 1.54) is 0 Å². The zero-order valence-electron chi connectivity index (χ0n) is 10.9. The van der Waals surface area contributed by atoms with Crippen molar-refractivity contribution in [2.24, 2.45) is 5.92 Å². The third-order valence-corrected chi connectivity index (χ3v) is 2.73. The molecular formula is C14H21NO. The van der Waals surface area contributed by atoms with Gasteiger partial charge in [0.05, 0.1) is 0 Å². The van der Waals surface area contributed by atoms with Crippen molar-refractivity contribution in [2.75, 3.05) is 11.9 Å². The number of rotatable bonds is 3. The highest BCUT2D eigenvalue weighted by Crippen LogP contribution is 2.24. The predicted molar refractivity (Wildman–Crippen MR) is 68.8 cm³/mol. The predicted octanol–water partition coefficient (Wildman–Crippen LogP) is 3.31. The molecule has 0 fully saturated rings. The molecule has 1 aromatic carbocycles. The molecule has 1 rings (SSSR count).